The van der Waals surface area contributed by atoms with Crippen molar-refractivity contribution in [1.29, 1.82) is 0 Å². The molecule has 0 saturated heterocycles. The maximum Gasteiger partial charge on any atom is 0.0659 e. The van der Waals surface area contributed by atoms with Crippen molar-refractivity contribution in [2.45, 2.75) is 105 Å². The average Bonchev–Trinajstić information content (AvgIpc) is 3.70. The maximum absolute atomic E-state index is 2.42. The molecule has 2 aromatic carbocycles. The van der Waals surface area contributed by atoms with Gasteiger partial charge in [-0.05, 0) is 108 Å². The van der Waals surface area contributed by atoms with Crippen LogP contribution in [-0.4, -0.2) is 23.0 Å². The first-order valence-electron chi connectivity index (χ1n) is 17.9. The van der Waals surface area contributed by atoms with Gasteiger partial charge in [0.05, 0.1) is 25.4 Å². The van der Waals surface area contributed by atoms with Gasteiger partial charge < -0.3 is 0 Å². The van der Waals surface area contributed by atoms with Crippen molar-refractivity contribution in [1.82, 2.24) is 0 Å². The summed E-state index contributed by atoms with van der Waals surface area (Å²) in [5.74, 6) is 4.91. The van der Waals surface area contributed by atoms with Crippen molar-refractivity contribution in [2.75, 3.05) is 23.0 Å². The van der Waals surface area contributed by atoms with Crippen LogP contribution in [0, 0.1) is 0 Å². The lowest BCUT2D eigenvalue weighted by molar-refractivity contribution is 0.897. The van der Waals surface area contributed by atoms with Crippen LogP contribution >= 0.6 is 94.1 Å². The number of benzene rings is 2. The van der Waals surface area contributed by atoms with Gasteiger partial charge in [-0.1, -0.05) is 149 Å². The highest BCUT2D eigenvalue weighted by Gasteiger charge is 2.27. The molecule has 0 spiro atoms. The molecule has 2 heterocycles. The third kappa shape index (κ3) is 12.1. The molecular formula is C40H52S8. The first-order valence-corrected chi connectivity index (χ1v) is 25.1. The van der Waals surface area contributed by atoms with E-state index in [4.69, 9.17) is 0 Å². The van der Waals surface area contributed by atoms with E-state index in [-0.39, 0.29) is 0 Å². The first-order chi connectivity index (χ1) is 23.6. The summed E-state index contributed by atoms with van der Waals surface area (Å²) in [6.45, 7) is 9.21. The van der Waals surface area contributed by atoms with E-state index in [0.717, 1.165) is 25.7 Å². The van der Waals surface area contributed by atoms with E-state index in [1.165, 1.54) is 105 Å². The van der Waals surface area contributed by atoms with Gasteiger partial charge in [-0.2, -0.15) is 0 Å². The molecule has 4 bridgehead atoms. The zero-order valence-corrected chi connectivity index (χ0v) is 35.7. The van der Waals surface area contributed by atoms with Crippen molar-refractivity contribution in [2.24, 2.45) is 0 Å². The molecule has 0 nitrogen and oxygen atoms in total. The lowest BCUT2D eigenvalue weighted by atomic mass is 9.94. The molecule has 0 aromatic heterocycles. The summed E-state index contributed by atoms with van der Waals surface area (Å²) < 4.78 is 9.28. The molecular weight excluding hydrogens is 737 g/mol. The zero-order chi connectivity index (χ0) is 33.6. The van der Waals surface area contributed by atoms with Crippen LogP contribution in [0.25, 0.3) is 0 Å². The quantitative estimate of drug-likeness (QED) is 0.152. The van der Waals surface area contributed by atoms with Gasteiger partial charge in [0, 0.05) is 0 Å². The first kappa shape index (κ1) is 39.4. The molecule has 0 saturated carbocycles. The molecule has 0 fully saturated rings. The lowest BCUT2D eigenvalue weighted by Gasteiger charge is -2.16. The van der Waals surface area contributed by atoms with E-state index >= 15 is 0 Å². The van der Waals surface area contributed by atoms with Gasteiger partial charge in [-0.25, -0.2) is 0 Å². The fraction of sp³-hybridized carbons (Fsp3) is 0.500. The lowest BCUT2D eigenvalue weighted by Crippen LogP contribution is -2.02. The van der Waals surface area contributed by atoms with Gasteiger partial charge in [0.1, 0.15) is 0 Å². The van der Waals surface area contributed by atoms with Crippen LogP contribution in [-0.2, 0) is 25.7 Å². The summed E-state index contributed by atoms with van der Waals surface area (Å²) in [7, 11) is 0. The van der Waals surface area contributed by atoms with Crippen LogP contribution in [0.2, 0.25) is 0 Å². The normalized spacial score (nSPS) is 17.1. The van der Waals surface area contributed by atoms with E-state index in [2.05, 4.69) is 170 Å². The summed E-state index contributed by atoms with van der Waals surface area (Å²) in [6, 6.07) is 19.4. The number of unbranched alkanes of at least 4 members (excludes halogenated alkanes) is 4. The second-order valence-electron chi connectivity index (χ2n) is 12.5. The van der Waals surface area contributed by atoms with Crippen LogP contribution in [0.5, 0.6) is 0 Å². The topological polar surface area (TPSA) is 0 Å². The van der Waals surface area contributed by atoms with Crippen LogP contribution in [0.4, 0.5) is 0 Å². The van der Waals surface area contributed by atoms with E-state index in [9.17, 15) is 0 Å². The molecule has 0 atom stereocenters. The Morgan fingerprint density at radius 3 is 0.833 bits per heavy atom. The molecule has 2 aliphatic heterocycles. The Morgan fingerprint density at radius 1 is 0.396 bits per heavy atom. The van der Waals surface area contributed by atoms with Crippen molar-refractivity contribution in [3.05, 3.63) is 107 Å². The monoisotopic (exact) mass is 788 g/mol. The van der Waals surface area contributed by atoms with Gasteiger partial charge in [-0.3, -0.25) is 0 Å². The third-order valence-corrected chi connectivity index (χ3v) is 20.0. The number of thioether (sulfide) groups is 8. The van der Waals surface area contributed by atoms with Crippen LogP contribution < -0.4 is 0 Å². The number of hydrogen-bond acceptors (Lipinski definition) is 8. The molecule has 8 heteroatoms. The Balaban J connectivity index is 1.39. The minimum absolute atomic E-state index is 1.03. The standard InChI is InChI=1S/C40H52S8/c1-5-9-21-41-37-38(42-22-10-6-2)46-35(45-37)33-25-29-13-17-31(18-14-29)27-34(28-32-19-15-30(26-33)16-20-32)36-47-39(43-23-11-7-3)40(48-36)44-24-12-8-4/h13-20H,5-12,21-28H2,1-4H3. The molecule has 4 aliphatic carbocycles. The minimum Gasteiger partial charge on any atom is -0.117 e. The second-order valence-corrected chi connectivity index (χ2v) is 22.5. The number of allylic oxidation sites excluding steroid dienone is 2. The Bertz CT molecular complexity index is 1240. The van der Waals surface area contributed by atoms with Crippen LogP contribution in [0.3, 0.4) is 0 Å². The van der Waals surface area contributed by atoms with Crippen molar-refractivity contribution >= 4 is 94.1 Å². The fourth-order valence-electron chi connectivity index (χ4n) is 5.37. The molecule has 0 radical (unpaired) electrons. The Labute approximate surface area is 326 Å². The smallest absolute Gasteiger partial charge is 0.0659 e. The van der Waals surface area contributed by atoms with Gasteiger partial charge in [-0.15, -0.1) is 47.0 Å². The molecule has 0 N–H and O–H groups in total. The summed E-state index contributed by atoms with van der Waals surface area (Å²) in [6.07, 6.45) is 14.3. The Hall–Kier alpha value is 0.200. The predicted molar refractivity (Wildman–Crippen MR) is 236 cm³/mol. The molecule has 0 unspecified atom stereocenters. The van der Waals surface area contributed by atoms with Crippen molar-refractivity contribution in [3.63, 3.8) is 0 Å². The Morgan fingerprint density at radius 2 is 0.625 bits per heavy atom. The summed E-state index contributed by atoms with van der Waals surface area (Å²) in [4.78, 5) is 0. The predicted octanol–water partition coefficient (Wildman–Crippen LogP) is 15.3. The van der Waals surface area contributed by atoms with E-state index in [0.29, 0.717) is 0 Å². The van der Waals surface area contributed by atoms with Crippen LogP contribution in [0.1, 0.15) is 101 Å². The van der Waals surface area contributed by atoms with E-state index in [1.54, 1.807) is 28.1 Å². The maximum atomic E-state index is 2.42. The largest absolute Gasteiger partial charge is 0.117 e. The molecule has 2 aromatic rings. The van der Waals surface area contributed by atoms with Gasteiger partial charge in [0.25, 0.3) is 0 Å². The highest BCUT2D eigenvalue weighted by molar-refractivity contribution is 8.41. The van der Waals surface area contributed by atoms with Gasteiger partial charge >= 0.3 is 0 Å². The molecule has 6 aliphatic rings. The van der Waals surface area contributed by atoms with Crippen molar-refractivity contribution in [3.8, 4) is 0 Å². The molecule has 260 valence electrons. The Kier molecular flexibility index (Phi) is 17.8. The number of rotatable bonds is 16. The number of hydrogen-bond donors (Lipinski definition) is 0. The summed E-state index contributed by atoms with van der Waals surface area (Å²) in [5.41, 5.74) is 8.91. The summed E-state index contributed by atoms with van der Waals surface area (Å²) in [5, 5.41) is 0. The van der Waals surface area contributed by atoms with E-state index in [1.807, 2.05) is 0 Å². The van der Waals surface area contributed by atoms with Crippen LogP contribution in [0.15, 0.2) is 85.1 Å². The fourth-order valence-corrected chi connectivity index (χ4v) is 17.8. The third-order valence-electron chi connectivity index (χ3n) is 8.29. The summed E-state index contributed by atoms with van der Waals surface area (Å²) >= 11 is 16.7. The van der Waals surface area contributed by atoms with Crippen molar-refractivity contribution < 1.29 is 0 Å². The molecule has 48 heavy (non-hydrogen) atoms. The van der Waals surface area contributed by atoms with Gasteiger partial charge in [0.2, 0.25) is 0 Å². The minimum atomic E-state index is 1.03. The SMILES string of the molecule is CCCCSC1=C(SCCCC)SC(=C2Cc3ccc(cc3)CC(=C3SC(SCCCC)=C(SCCCC)S3)Cc3ccc(cc3)C2)S1. The molecule has 0 amide bonds. The zero-order valence-electron chi connectivity index (χ0n) is 29.2. The highest BCUT2D eigenvalue weighted by Crippen LogP contribution is 2.60. The highest BCUT2D eigenvalue weighted by atomic mass is 32.3. The average molecular weight is 789 g/mol. The second kappa shape index (κ2) is 21.7. The van der Waals surface area contributed by atoms with E-state index < -0.39 is 0 Å². The van der Waals surface area contributed by atoms with Gasteiger partial charge in [0.15, 0.2) is 0 Å². The molecule has 8 rings (SSSR count).